The summed E-state index contributed by atoms with van der Waals surface area (Å²) in [7, 11) is 0. The zero-order valence-corrected chi connectivity index (χ0v) is 13.9. The number of nitrogens with two attached hydrogens (primary N) is 1. The molecule has 112 valence electrons. The Labute approximate surface area is 126 Å². The predicted molar refractivity (Wildman–Crippen MR) is 87.1 cm³/mol. The smallest absolute Gasteiger partial charge is 0.237 e. The highest BCUT2D eigenvalue weighted by molar-refractivity contribution is 7.99. The number of amides is 1. The number of rotatable bonds is 7. The normalized spacial score (nSPS) is 14.3. The molecule has 0 aliphatic rings. The summed E-state index contributed by atoms with van der Waals surface area (Å²) < 4.78 is 0. The minimum atomic E-state index is -0.638. The summed E-state index contributed by atoms with van der Waals surface area (Å²) in [5, 5.41) is 3.27. The largest absolute Gasteiger partial charge is 0.368 e. The standard InChI is InChI=1S/C16H26N2OS/c1-11(2)18-16(5,15(17)19)8-9-20-14-7-6-12(3)13(4)10-14/h6-7,10-11,18H,8-9H2,1-5H3,(H2,17,19). The molecular weight excluding hydrogens is 268 g/mol. The first-order valence-electron chi connectivity index (χ1n) is 7.02. The van der Waals surface area contributed by atoms with Crippen LogP contribution in [0.15, 0.2) is 23.1 Å². The van der Waals surface area contributed by atoms with Crippen molar-refractivity contribution in [2.45, 2.75) is 57.5 Å². The van der Waals surface area contributed by atoms with Crippen LogP contribution in [0.3, 0.4) is 0 Å². The van der Waals surface area contributed by atoms with Gasteiger partial charge in [0.1, 0.15) is 0 Å². The van der Waals surface area contributed by atoms with E-state index in [4.69, 9.17) is 5.73 Å². The number of carbonyl (C=O) groups excluding carboxylic acids is 1. The van der Waals surface area contributed by atoms with Crippen LogP contribution >= 0.6 is 11.8 Å². The van der Waals surface area contributed by atoms with E-state index in [9.17, 15) is 4.79 Å². The van der Waals surface area contributed by atoms with Crippen LogP contribution in [0.4, 0.5) is 0 Å². The Hall–Kier alpha value is -1.00. The molecule has 3 nitrogen and oxygen atoms in total. The minimum absolute atomic E-state index is 0.235. The molecule has 3 N–H and O–H groups in total. The third kappa shape index (κ3) is 4.84. The monoisotopic (exact) mass is 294 g/mol. The van der Waals surface area contributed by atoms with Crippen LogP contribution in [0.5, 0.6) is 0 Å². The summed E-state index contributed by atoms with van der Waals surface area (Å²) in [5.41, 5.74) is 7.50. The molecule has 1 amide bonds. The van der Waals surface area contributed by atoms with E-state index >= 15 is 0 Å². The summed E-state index contributed by atoms with van der Waals surface area (Å²) in [6.45, 7) is 10.2. The number of benzene rings is 1. The molecule has 0 aliphatic carbocycles. The second kappa shape index (κ2) is 7.14. The van der Waals surface area contributed by atoms with Crippen LogP contribution in [0.25, 0.3) is 0 Å². The average molecular weight is 294 g/mol. The van der Waals surface area contributed by atoms with Crippen molar-refractivity contribution < 1.29 is 4.79 Å². The van der Waals surface area contributed by atoms with E-state index in [1.165, 1.54) is 16.0 Å². The van der Waals surface area contributed by atoms with E-state index in [0.29, 0.717) is 0 Å². The number of carbonyl (C=O) groups is 1. The fourth-order valence-electron chi connectivity index (χ4n) is 2.08. The van der Waals surface area contributed by atoms with Gasteiger partial charge >= 0.3 is 0 Å². The van der Waals surface area contributed by atoms with Crippen LogP contribution in [0.1, 0.15) is 38.3 Å². The fourth-order valence-corrected chi connectivity index (χ4v) is 3.25. The third-order valence-electron chi connectivity index (χ3n) is 3.50. The van der Waals surface area contributed by atoms with Gasteiger partial charge in [-0.1, -0.05) is 6.07 Å². The summed E-state index contributed by atoms with van der Waals surface area (Å²) in [6, 6.07) is 6.69. The molecule has 1 rings (SSSR count). The zero-order chi connectivity index (χ0) is 15.3. The van der Waals surface area contributed by atoms with E-state index in [2.05, 4.69) is 37.4 Å². The highest BCUT2D eigenvalue weighted by Gasteiger charge is 2.30. The summed E-state index contributed by atoms with van der Waals surface area (Å²) in [6.07, 6.45) is 0.720. The molecule has 0 saturated carbocycles. The van der Waals surface area contributed by atoms with Crippen molar-refractivity contribution in [2.24, 2.45) is 5.73 Å². The maximum Gasteiger partial charge on any atom is 0.237 e. The van der Waals surface area contributed by atoms with Crippen molar-refractivity contribution in [3.05, 3.63) is 29.3 Å². The second-order valence-electron chi connectivity index (χ2n) is 5.84. The summed E-state index contributed by atoms with van der Waals surface area (Å²) in [4.78, 5) is 12.9. The van der Waals surface area contributed by atoms with Crippen LogP contribution in [0.2, 0.25) is 0 Å². The van der Waals surface area contributed by atoms with E-state index < -0.39 is 5.54 Å². The summed E-state index contributed by atoms with van der Waals surface area (Å²) in [5.74, 6) is 0.577. The summed E-state index contributed by atoms with van der Waals surface area (Å²) >= 11 is 1.77. The third-order valence-corrected chi connectivity index (χ3v) is 4.50. The van der Waals surface area contributed by atoms with Gasteiger partial charge in [-0.3, -0.25) is 4.79 Å². The Morgan fingerprint density at radius 3 is 2.50 bits per heavy atom. The molecule has 0 aliphatic heterocycles. The molecule has 1 aromatic rings. The molecule has 1 unspecified atom stereocenters. The number of primary amides is 1. The van der Waals surface area contributed by atoms with Crippen molar-refractivity contribution in [1.29, 1.82) is 0 Å². The lowest BCUT2D eigenvalue weighted by atomic mass is 9.97. The number of thioether (sulfide) groups is 1. The van der Waals surface area contributed by atoms with E-state index in [-0.39, 0.29) is 11.9 Å². The SMILES string of the molecule is Cc1ccc(SCCC(C)(NC(C)C)C(N)=O)cc1C. The van der Waals surface area contributed by atoms with Crippen LogP contribution in [-0.4, -0.2) is 23.2 Å². The lowest BCUT2D eigenvalue weighted by Crippen LogP contribution is -2.55. The maximum absolute atomic E-state index is 11.6. The van der Waals surface area contributed by atoms with Gasteiger partial charge in [-0.05, 0) is 64.3 Å². The van der Waals surface area contributed by atoms with Gasteiger partial charge in [-0.15, -0.1) is 11.8 Å². The van der Waals surface area contributed by atoms with Gasteiger partial charge in [0.05, 0.1) is 5.54 Å². The van der Waals surface area contributed by atoms with Gasteiger partial charge in [-0.25, -0.2) is 0 Å². The maximum atomic E-state index is 11.6. The Morgan fingerprint density at radius 1 is 1.35 bits per heavy atom. The van der Waals surface area contributed by atoms with Gasteiger partial charge in [0.25, 0.3) is 0 Å². The quantitative estimate of drug-likeness (QED) is 0.760. The van der Waals surface area contributed by atoms with Crippen molar-refractivity contribution in [1.82, 2.24) is 5.32 Å². The molecule has 0 heterocycles. The van der Waals surface area contributed by atoms with Crippen molar-refractivity contribution in [3.63, 3.8) is 0 Å². The Balaban J connectivity index is 2.60. The van der Waals surface area contributed by atoms with Gasteiger partial charge in [0, 0.05) is 16.7 Å². The van der Waals surface area contributed by atoms with E-state index in [1.54, 1.807) is 11.8 Å². The van der Waals surface area contributed by atoms with Gasteiger partial charge in [0.2, 0.25) is 5.91 Å². The van der Waals surface area contributed by atoms with Crippen LogP contribution in [0, 0.1) is 13.8 Å². The van der Waals surface area contributed by atoms with E-state index in [1.807, 2.05) is 20.8 Å². The molecule has 4 heteroatoms. The lowest BCUT2D eigenvalue weighted by Gasteiger charge is -2.29. The number of hydrogen-bond acceptors (Lipinski definition) is 3. The Bertz CT molecular complexity index is 474. The van der Waals surface area contributed by atoms with Crippen molar-refractivity contribution >= 4 is 17.7 Å². The Kier molecular flexibility index (Phi) is 6.08. The van der Waals surface area contributed by atoms with Crippen LogP contribution < -0.4 is 11.1 Å². The molecule has 0 spiro atoms. The zero-order valence-electron chi connectivity index (χ0n) is 13.1. The predicted octanol–water partition coefficient (Wildman–Crippen LogP) is 3.03. The topological polar surface area (TPSA) is 55.1 Å². The van der Waals surface area contributed by atoms with Crippen molar-refractivity contribution in [2.75, 3.05) is 5.75 Å². The van der Waals surface area contributed by atoms with Gasteiger partial charge in [0.15, 0.2) is 0 Å². The average Bonchev–Trinajstić information content (AvgIpc) is 2.32. The molecule has 0 fully saturated rings. The second-order valence-corrected chi connectivity index (χ2v) is 7.01. The van der Waals surface area contributed by atoms with Gasteiger partial charge < -0.3 is 11.1 Å². The molecule has 1 aromatic carbocycles. The minimum Gasteiger partial charge on any atom is -0.368 e. The first kappa shape index (κ1) is 17.1. The lowest BCUT2D eigenvalue weighted by molar-refractivity contribution is -0.124. The highest BCUT2D eigenvalue weighted by atomic mass is 32.2. The number of nitrogens with one attached hydrogen (secondary N) is 1. The van der Waals surface area contributed by atoms with Crippen molar-refractivity contribution in [3.8, 4) is 0 Å². The Morgan fingerprint density at radius 2 is 2.00 bits per heavy atom. The van der Waals surface area contributed by atoms with Crippen LogP contribution in [-0.2, 0) is 4.79 Å². The first-order valence-corrected chi connectivity index (χ1v) is 8.01. The molecule has 0 saturated heterocycles. The number of aryl methyl sites for hydroxylation is 2. The fraction of sp³-hybridized carbons (Fsp3) is 0.562. The first-order chi connectivity index (χ1) is 9.24. The molecule has 20 heavy (non-hydrogen) atoms. The molecule has 0 aromatic heterocycles. The number of hydrogen-bond donors (Lipinski definition) is 2. The molecule has 0 bridgehead atoms. The molecular formula is C16H26N2OS. The van der Waals surface area contributed by atoms with Gasteiger partial charge in [-0.2, -0.15) is 0 Å². The molecule has 0 radical (unpaired) electrons. The molecule has 1 atom stereocenters. The highest BCUT2D eigenvalue weighted by Crippen LogP contribution is 2.24. The van der Waals surface area contributed by atoms with E-state index in [0.717, 1.165) is 12.2 Å².